The van der Waals surface area contributed by atoms with E-state index in [0.29, 0.717) is 23.7 Å². The summed E-state index contributed by atoms with van der Waals surface area (Å²) in [4.78, 5) is 0. The number of hydrogen-bond donors (Lipinski definition) is 0. The Morgan fingerprint density at radius 1 is 0.500 bits per heavy atom. The van der Waals surface area contributed by atoms with Gasteiger partial charge >= 0.3 is 366 Å². The second kappa shape index (κ2) is 15.7. The number of allylic oxidation sites excluding steroid dienone is 2. The molecule has 0 heterocycles. The van der Waals surface area contributed by atoms with Crippen LogP contribution in [0.25, 0.3) is 34.4 Å². The monoisotopic (exact) mass is 909 g/mol. The molecule has 0 aliphatic heterocycles. The molecule has 0 aromatic heterocycles. The van der Waals surface area contributed by atoms with Crippen molar-refractivity contribution in [3.05, 3.63) is 127 Å². The summed E-state index contributed by atoms with van der Waals surface area (Å²) in [6.07, 6.45) is 5.13. The first-order chi connectivity index (χ1) is 26.7. The minimum atomic E-state index is -5.15. The predicted octanol–water partition coefficient (Wildman–Crippen LogP) is 17.8. The average molecular weight is 912 g/mol. The molecule has 0 saturated heterocycles. The molecule has 0 nitrogen and oxygen atoms in total. The third-order valence-electron chi connectivity index (χ3n) is 14.0. The number of hydrogen-bond acceptors (Lipinski definition) is 0. The van der Waals surface area contributed by atoms with Gasteiger partial charge in [0.25, 0.3) is 0 Å². The van der Waals surface area contributed by atoms with Crippen LogP contribution in [0.3, 0.4) is 0 Å². The van der Waals surface area contributed by atoms with E-state index in [1.165, 1.54) is 89.0 Å². The quantitative estimate of drug-likeness (QED) is 0.147. The fraction of sp³-hybridized carbons (Fsp3) is 0.481. The molecule has 4 heteroatoms. The Balaban J connectivity index is 1.70. The Labute approximate surface area is 363 Å². The summed E-state index contributed by atoms with van der Waals surface area (Å²) in [7, 11) is 18.2. The van der Waals surface area contributed by atoms with Gasteiger partial charge in [0.2, 0.25) is 0 Å². The van der Waals surface area contributed by atoms with Crippen molar-refractivity contribution in [1.29, 1.82) is 0 Å². The number of aryl methyl sites for hydroxylation is 2. The van der Waals surface area contributed by atoms with Crippen molar-refractivity contribution in [1.82, 2.24) is 0 Å². The van der Waals surface area contributed by atoms with Crippen LogP contribution in [0.5, 0.6) is 0 Å². The van der Waals surface area contributed by atoms with Gasteiger partial charge in [-0.1, -0.05) is 0 Å². The molecule has 6 rings (SSSR count). The SMILES string of the molecule is Cc1ccc2c(c1-c1cc(C(C)C)cc(C(C)C)c1)C=C(C(C)(C)C)[CH]2[Zr]([Cl])([Cl])([CH]1C(C(C)(C)C)=Cc2c1ccc(C)c2-c1cc(C(C)C)cc(C(C)C)c1)[SiH](C)C. The van der Waals surface area contributed by atoms with Crippen LogP contribution >= 0.6 is 17.0 Å². The Morgan fingerprint density at radius 2 is 0.793 bits per heavy atom. The van der Waals surface area contributed by atoms with Crippen LogP contribution in [0.15, 0.2) is 71.8 Å². The van der Waals surface area contributed by atoms with Gasteiger partial charge in [-0.3, -0.25) is 0 Å². The Bertz CT molecular complexity index is 2110. The summed E-state index contributed by atoms with van der Waals surface area (Å²) < 4.78 is 0.0128. The summed E-state index contributed by atoms with van der Waals surface area (Å²) >= 11 is -5.15. The van der Waals surface area contributed by atoms with Gasteiger partial charge in [0.05, 0.1) is 0 Å². The molecule has 0 amide bonds. The maximum absolute atomic E-state index is 9.10. The van der Waals surface area contributed by atoms with Gasteiger partial charge in [0.1, 0.15) is 0 Å². The molecule has 311 valence electrons. The van der Waals surface area contributed by atoms with Gasteiger partial charge in [-0.2, -0.15) is 0 Å². The maximum atomic E-state index is 9.10. The molecule has 0 N–H and O–H groups in total. The predicted molar refractivity (Wildman–Crippen MR) is 261 cm³/mol. The summed E-state index contributed by atoms with van der Waals surface area (Å²) in [5.41, 5.74) is 21.6. The van der Waals surface area contributed by atoms with Crippen molar-refractivity contribution in [2.24, 2.45) is 10.8 Å². The first kappa shape index (κ1) is 45.6. The Kier molecular flexibility index (Phi) is 12.4. The van der Waals surface area contributed by atoms with E-state index < -0.39 is 21.5 Å². The van der Waals surface area contributed by atoms with Gasteiger partial charge in [0.15, 0.2) is 0 Å². The molecular formula is C54H73Cl2SiZr. The van der Waals surface area contributed by atoms with Gasteiger partial charge in [-0.25, -0.2) is 0 Å². The van der Waals surface area contributed by atoms with Crippen LogP contribution in [0, 0.1) is 24.7 Å². The summed E-state index contributed by atoms with van der Waals surface area (Å²) in [6.45, 7) is 42.5. The van der Waals surface area contributed by atoms with Gasteiger partial charge < -0.3 is 0 Å². The van der Waals surface area contributed by atoms with Crippen LogP contribution in [-0.2, 0) is 15.6 Å². The van der Waals surface area contributed by atoms with Crippen molar-refractivity contribution in [3.63, 3.8) is 0 Å². The van der Waals surface area contributed by atoms with E-state index in [1.54, 1.807) is 0 Å². The molecule has 4 aromatic rings. The van der Waals surface area contributed by atoms with E-state index in [9.17, 15) is 0 Å². The topological polar surface area (TPSA) is 0 Å². The minimum absolute atomic E-state index is 0.00639. The van der Waals surface area contributed by atoms with E-state index in [2.05, 4.69) is 197 Å². The Morgan fingerprint density at radius 3 is 1.03 bits per heavy atom. The van der Waals surface area contributed by atoms with Crippen LogP contribution in [0.2, 0.25) is 13.1 Å². The molecule has 2 aliphatic rings. The van der Waals surface area contributed by atoms with Crippen LogP contribution < -0.4 is 0 Å². The van der Waals surface area contributed by atoms with Crippen LogP contribution in [-0.4, -0.2) is 5.92 Å². The second-order valence-corrected chi connectivity index (χ2v) is 64.4. The van der Waals surface area contributed by atoms with E-state index in [4.69, 9.17) is 17.0 Å². The zero-order valence-electron chi connectivity index (χ0n) is 39.2. The number of rotatable bonds is 9. The van der Waals surface area contributed by atoms with Crippen molar-refractivity contribution in [3.8, 4) is 22.3 Å². The van der Waals surface area contributed by atoms with Crippen molar-refractivity contribution < 1.29 is 15.6 Å². The van der Waals surface area contributed by atoms with Gasteiger partial charge in [0, 0.05) is 0 Å². The van der Waals surface area contributed by atoms with Crippen LogP contribution in [0.4, 0.5) is 0 Å². The molecule has 0 radical (unpaired) electrons. The summed E-state index contributed by atoms with van der Waals surface area (Å²) in [5, 5.41) is 0. The molecule has 2 unspecified atom stereocenters. The molecule has 0 bridgehead atoms. The zero-order valence-corrected chi connectivity index (χ0v) is 44.4. The normalized spacial score (nSPS) is 18.0. The Hall–Kier alpha value is -1.96. The summed E-state index contributed by atoms with van der Waals surface area (Å²) in [5.74, 6) is -0.0281. The number of benzene rings is 4. The fourth-order valence-corrected chi connectivity index (χ4v) is 41.6. The van der Waals surface area contributed by atoms with Crippen molar-refractivity contribution in [2.45, 2.75) is 155 Å². The van der Waals surface area contributed by atoms with E-state index in [1.807, 2.05) is 0 Å². The number of halogens is 2. The molecule has 4 aromatic carbocycles. The third kappa shape index (κ3) is 7.75. The molecule has 0 spiro atoms. The van der Waals surface area contributed by atoms with Gasteiger partial charge in [-0.05, 0) is 0 Å². The molecular weight excluding hydrogens is 839 g/mol. The average Bonchev–Trinajstić information content (AvgIpc) is 3.72. The van der Waals surface area contributed by atoms with Crippen molar-refractivity contribution in [2.75, 3.05) is 0 Å². The summed E-state index contributed by atoms with van der Waals surface area (Å²) in [6, 6.07) is 24.3. The molecule has 2 aliphatic carbocycles. The zero-order chi connectivity index (χ0) is 43.2. The van der Waals surface area contributed by atoms with E-state index in [-0.39, 0.29) is 18.1 Å². The molecule has 58 heavy (non-hydrogen) atoms. The fourth-order valence-electron chi connectivity index (χ4n) is 10.2. The molecule has 0 saturated carbocycles. The standard InChI is InChI=1S/2C26H33.C2H7Si.2ClH.Zr/c2*1-16(2)20-11-21(17(3)4)13-22(12-20)25-18(5)9-10-19-14-23(15-24(19)25)26(6,7)8;1-3-2;;;/h2*9-17H,1-8H3;3H,1-2H3;2*1H;/q;;;;;+2/p-2. The first-order valence-electron chi connectivity index (χ1n) is 22.3. The molecule has 2 atom stereocenters. The third-order valence-corrected chi connectivity index (χ3v) is 65.5. The molecule has 0 fully saturated rings. The van der Waals surface area contributed by atoms with Crippen LogP contribution in [0.1, 0.15) is 183 Å². The van der Waals surface area contributed by atoms with E-state index in [0.717, 1.165) is 0 Å². The first-order valence-corrected chi connectivity index (χ1v) is 38.6. The van der Waals surface area contributed by atoms with Gasteiger partial charge in [-0.15, -0.1) is 0 Å². The second-order valence-electron chi connectivity index (χ2n) is 21.9. The van der Waals surface area contributed by atoms with E-state index >= 15 is 0 Å². The van der Waals surface area contributed by atoms with Crippen molar-refractivity contribution >= 4 is 35.1 Å². The number of fused-ring (bicyclic) bond motifs is 2.